The molecule has 0 saturated heterocycles. The number of halogens is 3. The molecule has 0 aliphatic carbocycles. The second-order valence-corrected chi connectivity index (χ2v) is 2.71. The van der Waals surface area contributed by atoms with Gasteiger partial charge in [0.2, 0.25) is 5.95 Å². The molecule has 0 radical (unpaired) electrons. The van der Waals surface area contributed by atoms with Crippen molar-refractivity contribution in [2.75, 3.05) is 5.73 Å². The van der Waals surface area contributed by atoms with Crippen molar-refractivity contribution in [1.82, 2.24) is 24.5 Å². The van der Waals surface area contributed by atoms with E-state index in [0.717, 1.165) is 0 Å². The van der Waals surface area contributed by atoms with E-state index in [1.54, 1.807) is 10.9 Å². The first-order valence-corrected chi connectivity index (χ1v) is 4.07. The zero-order chi connectivity index (χ0) is 12.2. The Morgan fingerprint density at radius 2 is 2.06 bits per heavy atom. The van der Waals surface area contributed by atoms with Gasteiger partial charge in [-0.1, -0.05) is 0 Å². The van der Waals surface area contributed by atoms with Crippen molar-refractivity contribution in [3.8, 4) is 0 Å². The van der Waals surface area contributed by atoms with E-state index in [1.165, 1.54) is 0 Å². The maximum atomic E-state index is 11.7. The number of hydrogen-bond acceptors (Lipinski definition) is 4. The maximum Gasteiger partial charge on any atom is 0.492 e. The predicted molar refractivity (Wildman–Crippen MR) is 48.9 cm³/mol. The summed E-state index contributed by atoms with van der Waals surface area (Å²) in [4.78, 5) is 0. The number of aryl methyl sites for hydroxylation is 1. The number of nitrogen functional groups attached to an aromatic ring is 1. The first kappa shape index (κ1) is 12.0. The Morgan fingerprint density at radius 1 is 1.38 bits per heavy atom. The number of nitrogens with zero attached hydrogens (tertiary/aromatic N) is 5. The summed E-state index contributed by atoms with van der Waals surface area (Å²) in [5.74, 6) is -0.660. The van der Waals surface area contributed by atoms with Gasteiger partial charge in [0.1, 0.15) is 6.33 Å². The van der Waals surface area contributed by atoms with Crippen LogP contribution in [-0.4, -0.2) is 24.5 Å². The summed E-state index contributed by atoms with van der Waals surface area (Å²) in [6.45, 7) is 0. The van der Waals surface area contributed by atoms with E-state index in [9.17, 15) is 13.2 Å². The van der Waals surface area contributed by atoms with Crippen LogP contribution in [0.5, 0.6) is 0 Å². The molecule has 9 heteroatoms. The van der Waals surface area contributed by atoms with Crippen molar-refractivity contribution in [1.29, 1.82) is 0 Å². The van der Waals surface area contributed by atoms with Crippen LogP contribution in [-0.2, 0) is 13.3 Å². The third kappa shape index (κ3) is 3.26. The molecule has 0 aromatic carbocycles. The summed E-state index contributed by atoms with van der Waals surface area (Å²) in [5, 5.41) is 9.74. The summed E-state index contributed by atoms with van der Waals surface area (Å²) in [6, 6.07) is 1.89. The molecule has 0 aliphatic heterocycles. The minimum atomic E-state index is -4.52. The second kappa shape index (κ2) is 4.64. The normalized spacial score (nSPS) is 10.8. The SMILES string of the molecule is Cn1cccn1.Nc1nncn1C(F)(F)F. The van der Waals surface area contributed by atoms with Crippen LogP contribution < -0.4 is 5.73 Å². The molecule has 6 nitrogen and oxygen atoms in total. The van der Waals surface area contributed by atoms with Crippen LogP contribution in [0.3, 0.4) is 0 Å². The number of aromatic nitrogens is 5. The van der Waals surface area contributed by atoms with E-state index in [2.05, 4.69) is 15.3 Å². The summed E-state index contributed by atoms with van der Waals surface area (Å²) < 4.78 is 36.6. The van der Waals surface area contributed by atoms with Crippen molar-refractivity contribution in [2.45, 2.75) is 6.30 Å². The van der Waals surface area contributed by atoms with Crippen LogP contribution in [0.15, 0.2) is 24.8 Å². The summed E-state index contributed by atoms with van der Waals surface area (Å²) in [6.07, 6.45) is -0.372. The lowest BCUT2D eigenvalue weighted by molar-refractivity contribution is -0.202. The average molecular weight is 234 g/mol. The fourth-order valence-corrected chi connectivity index (χ4v) is 0.784. The first-order chi connectivity index (χ1) is 7.41. The lowest BCUT2D eigenvalue weighted by Crippen LogP contribution is -2.17. The molecule has 88 valence electrons. The van der Waals surface area contributed by atoms with Gasteiger partial charge in [-0.2, -0.15) is 5.10 Å². The van der Waals surface area contributed by atoms with Crippen LogP contribution in [0.2, 0.25) is 0 Å². The lowest BCUT2D eigenvalue weighted by atomic mass is 10.8. The van der Waals surface area contributed by atoms with Crippen molar-refractivity contribution < 1.29 is 13.2 Å². The number of hydrogen-bond donors (Lipinski definition) is 1. The molecule has 2 aromatic heterocycles. The molecule has 2 heterocycles. The Morgan fingerprint density at radius 3 is 2.25 bits per heavy atom. The number of alkyl halides is 3. The van der Waals surface area contributed by atoms with Crippen LogP contribution in [0.4, 0.5) is 19.1 Å². The molecule has 0 saturated carbocycles. The van der Waals surface area contributed by atoms with Gasteiger partial charge in [0, 0.05) is 19.4 Å². The molecule has 2 rings (SSSR count). The summed E-state index contributed by atoms with van der Waals surface area (Å²) in [5.41, 5.74) is 4.80. The average Bonchev–Trinajstić information content (AvgIpc) is 2.75. The standard InChI is InChI=1S/C4H6N2.C3H3F3N4/c1-6-4-2-3-5-6;4-3(5,6)10-1-8-9-2(10)7/h2-4H,1H3;1H,(H2,7,9). The fraction of sp³-hybridized carbons (Fsp3) is 0.286. The quantitative estimate of drug-likeness (QED) is 0.730. The monoisotopic (exact) mass is 234 g/mol. The number of anilines is 1. The third-order valence-electron chi connectivity index (χ3n) is 1.48. The molecule has 0 spiro atoms. The molecule has 2 N–H and O–H groups in total. The van der Waals surface area contributed by atoms with Crippen LogP contribution in [0.1, 0.15) is 0 Å². The smallest absolute Gasteiger partial charge is 0.368 e. The molecular formula is C7H9F3N6. The molecule has 0 fully saturated rings. The Bertz CT molecular complexity index is 418. The molecule has 0 bridgehead atoms. The first-order valence-electron chi connectivity index (χ1n) is 4.07. The minimum Gasteiger partial charge on any atom is -0.368 e. The van der Waals surface area contributed by atoms with E-state index in [1.807, 2.05) is 19.3 Å². The van der Waals surface area contributed by atoms with Gasteiger partial charge in [0.05, 0.1) is 0 Å². The van der Waals surface area contributed by atoms with Crippen LogP contribution >= 0.6 is 0 Å². The zero-order valence-electron chi connectivity index (χ0n) is 8.26. The van der Waals surface area contributed by atoms with E-state index >= 15 is 0 Å². The second-order valence-electron chi connectivity index (χ2n) is 2.71. The Labute approximate surface area is 88.5 Å². The number of rotatable bonds is 0. The van der Waals surface area contributed by atoms with E-state index in [4.69, 9.17) is 5.73 Å². The summed E-state index contributed by atoms with van der Waals surface area (Å²) >= 11 is 0. The summed E-state index contributed by atoms with van der Waals surface area (Å²) in [7, 11) is 1.89. The van der Waals surface area contributed by atoms with Crippen LogP contribution in [0.25, 0.3) is 0 Å². The van der Waals surface area contributed by atoms with Gasteiger partial charge in [-0.25, -0.2) is 4.57 Å². The minimum absolute atomic E-state index is 0.174. The Kier molecular flexibility index (Phi) is 3.48. The van der Waals surface area contributed by atoms with Gasteiger partial charge in [-0.05, 0) is 6.07 Å². The van der Waals surface area contributed by atoms with Gasteiger partial charge in [0.25, 0.3) is 0 Å². The highest BCUT2D eigenvalue weighted by molar-refractivity contribution is 5.13. The van der Waals surface area contributed by atoms with Gasteiger partial charge in [-0.15, -0.1) is 23.4 Å². The molecular weight excluding hydrogens is 225 g/mol. The molecule has 16 heavy (non-hydrogen) atoms. The van der Waals surface area contributed by atoms with Crippen molar-refractivity contribution >= 4 is 5.95 Å². The maximum absolute atomic E-state index is 11.7. The van der Waals surface area contributed by atoms with E-state index in [0.29, 0.717) is 6.33 Å². The predicted octanol–water partition coefficient (Wildman–Crippen LogP) is 0.757. The Hall–Kier alpha value is -2.06. The molecule has 2 aromatic rings. The van der Waals surface area contributed by atoms with Gasteiger partial charge in [-0.3, -0.25) is 4.68 Å². The highest BCUT2D eigenvalue weighted by Gasteiger charge is 2.32. The molecule has 0 unspecified atom stereocenters. The van der Waals surface area contributed by atoms with Crippen molar-refractivity contribution in [3.63, 3.8) is 0 Å². The largest absolute Gasteiger partial charge is 0.492 e. The van der Waals surface area contributed by atoms with Gasteiger partial charge >= 0.3 is 6.30 Å². The molecule has 0 aliphatic rings. The van der Waals surface area contributed by atoms with Crippen LogP contribution in [0, 0.1) is 0 Å². The zero-order valence-corrected chi connectivity index (χ0v) is 8.26. The molecule has 0 amide bonds. The lowest BCUT2D eigenvalue weighted by Gasteiger charge is -2.05. The topological polar surface area (TPSA) is 74.6 Å². The highest BCUT2D eigenvalue weighted by atomic mass is 19.4. The highest BCUT2D eigenvalue weighted by Crippen LogP contribution is 2.23. The van der Waals surface area contributed by atoms with Crippen molar-refractivity contribution in [2.24, 2.45) is 7.05 Å². The fourth-order valence-electron chi connectivity index (χ4n) is 0.784. The van der Waals surface area contributed by atoms with Gasteiger partial charge in [0.15, 0.2) is 0 Å². The third-order valence-corrected chi connectivity index (χ3v) is 1.48. The number of nitrogens with two attached hydrogens (primary N) is 1. The van der Waals surface area contributed by atoms with E-state index < -0.39 is 12.2 Å². The van der Waals surface area contributed by atoms with E-state index in [-0.39, 0.29) is 4.57 Å². The van der Waals surface area contributed by atoms with Crippen molar-refractivity contribution in [3.05, 3.63) is 24.8 Å². The van der Waals surface area contributed by atoms with Gasteiger partial charge < -0.3 is 5.73 Å². The molecule has 0 atom stereocenters. The Balaban J connectivity index is 0.000000181.